The summed E-state index contributed by atoms with van der Waals surface area (Å²) in [6, 6.07) is 5.76. The van der Waals surface area contributed by atoms with Crippen molar-refractivity contribution in [3.05, 3.63) is 34.4 Å². The van der Waals surface area contributed by atoms with E-state index < -0.39 is 0 Å². The number of aryl methyl sites for hydroxylation is 1. The van der Waals surface area contributed by atoms with E-state index in [-0.39, 0.29) is 0 Å². The van der Waals surface area contributed by atoms with Crippen LogP contribution in [0.1, 0.15) is 11.4 Å². The van der Waals surface area contributed by atoms with E-state index in [9.17, 15) is 0 Å². The van der Waals surface area contributed by atoms with Gasteiger partial charge in [-0.2, -0.15) is 5.10 Å². The van der Waals surface area contributed by atoms with Gasteiger partial charge < -0.3 is 14.9 Å². The maximum atomic E-state index is 5.26. The van der Waals surface area contributed by atoms with E-state index >= 15 is 0 Å². The SMILES string of the molecule is COc1ccc(CNn2c(C)n[nH]c2=S)cc1OC. The Balaban J connectivity index is 2.14. The lowest BCUT2D eigenvalue weighted by Crippen LogP contribution is -2.16. The summed E-state index contributed by atoms with van der Waals surface area (Å²) in [5.41, 5.74) is 4.24. The number of methoxy groups -OCH3 is 2. The minimum Gasteiger partial charge on any atom is -0.493 e. The van der Waals surface area contributed by atoms with Crippen molar-refractivity contribution in [3.8, 4) is 11.5 Å². The molecule has 0 radical (unpaired) electrons. The molecule has 1 aromatic carbocycles. The van der Waals surface area contributed by atoms with Crippen LogP contribution in [0.3, 0.4) is 0 Å². The third kappa shape index (κ3) is 2.87. The molecule has 0 saturated heterocycles. The molecular formula is C12H16N4O2S. The Morgan fingerprint density at radius 2 is 2.05 bits per heavy atom. The van der Waals surface area contributed by atoms with E-state index in [1.54, 1.807) is 18.9 Å². The number of nitrogens with zero attached hydrogens (tertiary/aromatic N) is 2. The van der Waals surface area contributed by atoms with Gasteiger partial charge >= 0.3 is 0 Å². The summed E-state index contributed by atoms with van der Waals surface area (Å²) in [7, 11) is 3.23. The number of rotatable bonds is 5. The van der Waals surface area contributed by atoms with Gasteiger partial charge in [-0.1, -0.05) is 6.07 Å². The van der Waals surface area contributed by atoms with Crippen molar-refractivity contribution < 1.29 is 9.47 Å². The number of hydrogen-bond donors (Lipinski definition) is 2. The first-order chi connectivity index (χ1) is 9.15. The zero-order chi connectivity index (χ0) is 13.8. The second-order valence-corrected chi connectivity index (χ2v) is 4.32. The van der Waals surface area contributed by atoms with Gasteiger partial charge in [0, 0.05) is 0 Å². The number of aromatic amines is 1. The number of nitrogens with one attached hydrogen (secondary N) is 2. The Bertz CT molecular complexity index is 620. The minimum absolute atomic E-state index is 0.540. The van der Waals surface area contributed by atoms with Crippen LogP contribution in [-0.2, 0) is 6.54 Å². The quantitative estimate of drug-likeness (QED) is 0.820. The summed E-state index contributed by atoms with van der Waals surface area (Å²) in [5, 5.41) is 6.75. The summed E-state index contributed by atoms with van der Waals surface area (Å²) in [5.74, 6) is 2.20. The second kappa shape index (κ2) is 5.75. The molecular weight excluding hydrogens is 264 g/mol. The summed E-state index contributed by atoms with van der Waals surface area (Å²) >= 11 is 5.11. The van der Waals surface area contributed by atoms with Crippen molar-refractivity contribution in [2.24, 2.45) is 0 Å². The molecule has 102 valence electrons. The maximum Gasteiger partial charge on any atom is 0.214 e. The van der Waals surface area contributed by atoms with Gasteiger partial charge in [0.25, 0.3) is 0 Å². The van der Waals surface area contributed by atoms with Gasteiger partial charge in [0.1, 0.15) is 5.82 Å². The molecule has 2 N–H and O–H groups in total. The number of ether oxygens (including phenoxy) is 2. The van der Waals surface area contributed by atoms with Gasteiger partial charge in [-0.15, -0.1) is 0 Å². The molecule has 0 fully saturated rings. The van der Waals surface area contributed by atoms with Crippen molar-refractivity contribution in [1.82, 2.24) is 14.9 Å². The standard InChI is InChI=1S/C12H16N4O2S/c1-8-14-15-12(19)16(8)13-7-9-4-5-10(17-2)11(6-9)18-3/h4-6,13H,7H2,1-3H3,(H,15,19). The average molecular weight is 280 g/mol. The maximum absolute atomic E-state index is 5.26. The lowest BCUT2D eigenvalue weighted by atomic mass is 10.2. The van der Waals surface area contributed by atoms with Crippen molar-refractivity contribution in [3.63, 3.8) is 0 Å². The molecule has 0 spiro atoms. The third-order valence-electron chi connectivity index (χ3n) is 2.73. The molecule has 0 amide bonds. The van der Waals surface area contributed by atoms with Crippen LogP contribution in [-0.4, -0.2) is 29.1 Å². The fraction of sp³-hybridized carbons (Fsp3) is 0.333. The molecule has 1 aromatic heterocycles. The van der Waals surface area contributed by atoms with E-state index in [4.69, 9.17) is 21.7 Å². The molecule has 6 nitrogen and oxygen atoms in total. The van der Waals surface area contributed by atoms with Gasteiger partial charge in [0.2, 0.25) is 4.77 Å². The Morgan fingerprint density at radius 1 is 1.32 bits per heavy atom. The molecule has 2 aromatic rings. The van der Waals surface area contributed by atoms with Crippen LogP contribution in [0.25, 0.3) is 0 Å². The van der Waals surface area contributed by atoms with Gasteiger partial charge in [0.15, 0.2) is 11.5 Å². The Morgan fingerprint density at radius 3 is 2.63 bits per heavy atom. The smallest absolute Gasteiger partial charge is 0.214 e. The largest absolute Gasteiger partial charge is 0.493 e. The highest BCUT2D eigenvalue weighted by atomic mass is 32.1. The lowest BCUT2D eigenvalue weighted by Gasteiger charge is -2.11. The first kappa shape index (κ1) is 13.4. The lowest BCUT2D eigenvalue weighted by molar-refractivity contribution is 0.354. The molecule has 1 heterocycles. The molecule has 0 aliphatic rings. The molecule has 2 rings (SSSR count). The number of benzene rings is 1. The van der Waals surface area contributed by atoms with Crippen LogP contribution in [0.15, 0.2) is 18.2 Å². The van der Waals surface area contributed by atoms with E-state index in [1.165, 1.54) is 0 Å². The predicted molar refractivity (Wildman–Crippen MR) is 74.8 cm³/mol. The highest BCUT2D eigenvalue weighted by Gasteiger charge is 2.05. The first-order valence-electron chi connectivity index (χ1n) is 5.74. The number of hydrogen-bond acceptors (Lipinski definition) is 5. The van der Waals surface area contributed by atoms with Crippen molar-refractivity contribution in [2.75, 3.05) is 19.6 Å². The predicted octanol–water partition coefficient (Wildman–Crippen LogP) is 2.01. The van der Waals surface area contributed by atoms with E-state index in [0.717, 1.165) is 11.4 Å². The van der Waals surface area contributed by atoms with E-state index in [1.807, 2.05) is 25.1 Å². The number of H-pyrrole nitrogens is 1. The molecule has 0 aliphatic carbocycles. The molecule has 0 unspecified atom stereocenters. The molecule has 0 saturated carbocycles. The Kier molecular flexibility index (Phi) is 4.06. The van der Waals surface area contributed by atoms with Crippen LogP contribution in [0.5, 0.6) is 11.5 Å². The van der Waals surface area contributed by atoms with Gasteiger partial charge in [-0.25, -0.2) is 4.68 Å². The average Bonchev–Trinajstić information content (AvgIpc) is 2.75. The highest BCUT2D eigenvalue weighted by molar-refractivity contribution is 7.71. The third-order valence-corrected chi connectivity index (χ3v) is 3.00. The van der Waals surface area contributed by atoms with Crippen LogP contribution in [0, 0.1) is 11.7 Å². The number of aromatic nitrogens is 3. The summed E-state index contributed by atoms with van der Waals surface area (Å²) in [6.45, 7) is 2.48. The van der Waals surface area contributed by atoms with Crippen molar-refractivity contribution in [2.45, 2.75) is 13.5 Å². The van der Waals surface area contributed by atoms with E-state index in [2.05, 4.69) is 15.6 Å². The van der Waals surface area contributed by atoms with Crippen molar-refractivity contribution >= 4 is 12.2 Å². The Hall–Kier alpha value is -2.02. The molecule has 0 atom stereocenters. The summed E-state index contributed by atoms with van der Waals surface area (Å²) in [6.07, 6.45) is 0. The van der Waals surface area contributed by atoms with E-state index in [0.29, 0.717) is 22.8 Å². The fourth-order valence-electron chi connectivity index (χ4n) is 1.72. The first-order valence-corrected chi connectivity index (χ1v) is 6.15. The molecule has 0 aliphatic heterocycles. The summed E-state index contributed by atoms with van der Waals surface area (Å²) < 4.78 is 12.7. The van der Waals surface area contributed by atoms with Crippen molar-refractivity contribution in [1.29, 1.82) is 0 Å². The topological polar surface area (TPSA) is 64.1 Å². The van der Waals surface area contributed by atoms with Crippen LogP contribution in [0.4, 0.5) is 0 Å². The second-order valence-electron chi connectivity index (χ2n) is 3.94. The Labute approximate surface area is 116 Å². The molecule has 7 heteroatoms. The van der Waals surface area contributed by atoms with Gasteiger partial charge in [0.05, 0.1) is 20.8 Å². The van der Waals surface area contributed by atoms with Crippen LogP contribution >= 0.6 is 12.2 Å². The normalized spacial score (nSPS) is 10.3. The molecule has 19 heavy (non-hydrogen) atoms. The zero-order valence-electron chi connectivity index (χ0n) is 11.1. The monoisotopic (exact) mass is 280 g/mol. The van der Waals surface area contributed by atoms with Crippen LogP contribution < -0.4 is 14.9 Å². The zero-order valence-corrected chi connectivity index (χ0v) is 11.9. The minimum atomic E-state index is 0.540. The molecule has 0 bridgehead atoms. The summed E-state index contributed by atoms with van der Waals surface area (Å²) in [4.78, 5) is 0. The van der Waals surface area contributed by atoms with Gasteiger partial charge in [-0.05, 0) is 36.8 Å². The van der Waals surface area contributed by atoms with Gasteiger partial charge in [-0.3, -0.25) is 5.10 Å². The highest BCUT2D eigenvalue weighted by Crippen LogP contribution is 2.27. The fourth-order valence-corrected chi connectivity index (χ4v) is 1.97. The van der Waals surface area contributed by atoms with Crippen LogP contribution in [0.2, 0.25) is 0 Å².